The van der Waals surface area contributed by atoms with E-state index in [2.05, 4.69) is 184 Å². The third-order valence-electron chi connectivity index (χ3n) is 16.5. The fourth-order valence-corrected chi connectivity index (χ4v) is 10.8. The second-order valence-electron chi connectivity index (χ2n) is 25.3. The number of esters is 2. The molecule has 1 N–H and O–H groups in total. The number of unbranched alkanes of at least 4 members (excludes halogenated alkanes) is 34. The summed E-state index contributed by atoms with van der Waals surface area (Å²) in [6.07, 6.45) is 124. The Labute approximate surface area is 570 Å². The van der Waals surface area contributed by atoms with Crippen molar-refractivity contribution in [2.75, 3.05) is 13.2 Å². The Kier molecular flexibility index (Phi) is 76.3. The first-order valence-corrected chi connectivity index (χ1v) is 38.7. The van der Waals surface area contributed by atoms with Gasteiger partial charge in [-0.15, -0.1) is 0 Å². The predicted octanol–water partition coefficient (Wildman–Crippen LogP) is 27.5. The first-order valence-electron chi connectivity index (χ1n) is 38.7. The minimum absolute atomic E-state index is 0.0719. The second kappa shape index (κ2) is 80.5. The molecule has 0 radical (unpaired) electrons. The maximum atomic E-state index is 12.4. The summed E-state index contributed by atoms with van der Waals surface area (Å²) in [5, 5.41) is 9.73. The highest BCUT2D eigenvalue weighted by Gasteiger charge is 2.16. The van der Waals surface area contributed by atoms with Crippen LogP contribution in [0.3, 0.4) is 0 Å². The molecule has 0 rings (SSSR count). The van der Waals surface area contributed by atoms with E-state index in [-0.39, 0.29) is 25.2 Å². The zero-order chi connectivity index (χ0) is 66.1. The summed E-state index contributed by atoms with van der Waals surface area (Å²) < 4.78 is 10.8. The Balaban J connectivity index is 3.50. The maximum Gasteiger partial charge on any atom is 0.306 e. The first-order chi connectivity index (χ1) is 45.6. The molecule has 0 amide bonds. The Morgan fingerprint density at radius 3 is 0.652 bits per heavy atom. The lowest BCUT2D eigenvalue weighted by atomic mass is 10.0. The monoisotopic (exact) mass is 1270 g/mol. The van der Waals surface area contributed by atoms with Gasteiger partial charge in [-0.3, -0.25) is 9.59 Å². The van der Waals surface area contributed by atoms with E-state index >= 15 is 0 Å². The Bertz CT molecular complexity index is 1980. The zero-order valence-corrected chi connectivity index (χ0v) is 60.0. The van der Waals surface area contributed by atoms with Crippen LogP contribution < -0.4 is 0 Å². The van der Waals surface area contributed by atoms with Crippen LogP contribution in [0.2, 0.25) is 0 Å². The summed E-state index contributed by atoms with van der Waals surface area (Å²) in [6, 6.07) is 0. The summed E-state index contributed by atoms with van der Waals surface area (Å²) in [6.45, 7) is 3.93. The number of carbonyl (C=O) groups excluding carboxylic acids is 2. The first kappa shape index (κ1) is 87.3. The average molecular weight is 1270 g/mol. The van der Waals surface area contributed by atoms with Gasteiger partial charge in [0.05, 0.1) is 6.61 Å². The van der Waals surface area contributed by atoms with Gasteiger partial charge in [-0.05, 0) is 128 Å². The lowest BCUT2D eigenvalue weighted by Gasteiger charge is -2.15. The van der Waals surface area contributed by atoms with E-state index in [0.29, 0.717) is 12.8 Å². The van der Waals surface area contributed by atoms with Gasteiger partial charge in [0, 0.05) is 12.8 Å². The highest BCUT2D eigenvalue weighted by Crippen LogP contribution is 2.18. The van der Waals surface area contributed by atoms with Crippen LogP contribution in [0, 0.1) is 0 Å². The summed E-state index contributed by atoms with van der Waals surface area (Å²) >= 11 is 0. The fraction of sp³-hybridized carbons (Fsp3) is 0.655. The van der Waals surface area contributed by atoms with Crippen LogP contribution >= 0.6 is 0 Å². The summed E-state index contributed by atoms with van der Waals surface area (Å²) in [4.78, 5) is 24.7. The Morgan fingerprint density at radius 2 is 0.435 bits per heavy atom. The topological polar surface area (TPSA) is 72.8 Å². The fourth-order valence-electron chi connectivity index (χ4n) is 10.8. The lowest BCUT2D eigenvalue weighted by Crippen LogP contribution is -2.28. The minimum atomic E-state index is -0.785. The molecule has 0 aromatic carbocycles. The predicted molar refractivity (Wildman–Crippen MR) is 407 cm³/mol. The molecule has 1 atom stereocenters. The van der Waals surface area contributed by atoms with Crippen molar-refractivity contribution in [2.45, 2.75) is 354 Å². The molecule has 522 valence electrons. The number of aliphatic hydroxyl groups is 1. The number of hydrogen-bond acceptors (Lipinski definition) is 5. The molecule has 92 heavy (non-hydrogen) atoms. The van der Waals surface area contributed by atoms with Crippen LogP contribution in [0.5, 0.6) is 0 Å². The van der Waals surface area contributed by atoms with E-state index in [0.717, 1.165) is 128 Å². The molecular weight excluding hydrogens is 1120 g/mol. The van der Waals surface area contributed by atoms with E-state index in [9.17, 15) is 14.7 Å². The van der Waals surface area contributed by atoms with Crippen LogP contribution in [0.15, 0.2) is 170 Å². The van der Waals surface area contributed by atoms with Gasteiger partial charge in [0.1, 0.15) is 6.61 Å². The summed E-state index contributed by atoms with van der Waals surface area (Å²) in [5.74, 6) is -0.590. The van der Waals surface area contributed by atoms with Crippen LogP contribution in [-0.4, -0.2) is 36.4 Å². The third-order valence-corrected chi connectivity index (χ3v) is 16.5. The van der Waals surface area contributed by atoms with Gasteiger partial charge in [0.25, 0.3) is 0 Å². The molecule has 0 saturated heterocycles. The molecule has 1 unspecified atom stereocenters. The molecular formula is C87H144O5. The number of rotatable bonds is 70. The highest BCUT2D eigenvalue weighted by molar-refractivity contribution is 5.70. The van der Waals surface area contributed by atoms with Crippen molar-refractivity contribution in [1.29, 1.82) is 0 Å². The summed E-state index contributed by atoms with van der Waals surface area (Å²) in [5.41, 5.74) is 0. The second-order valence-corrected chi connectivity index (χ2v) is 25.3. The smallest absolute Gasteiger partial charge is 0.306 e. The quantitative estimate of drug-likeness (QED) is 0.0373. The number of aliphatic hydroxyl groups excluding tert-OH is 1. The lowest BCUT2D eigenvalue weighted by molar-refractivity contribution is -0.161. The molecule has 0 aromatic rings. The van der Waals surface area contributed by atoms with Crippen molar-refractivity contribution in [3.63, 3.8) is 0 Å². The van der Waals surface area contributed by atoms with E-state index < -0.39 is 6.10 Å². The van der Waals surface area contributed by atoms with Crippen molar-refractivity contribution in [3.8, 4) is 0 Å². The van der Waals surface area contributed by atoms with Crippen LogP contribution in [0.4, 0.5) is 0 Å². The van der Waals surface area contributed by atoms with E-state index in [1.807, 2.05) is 0 Å². The molecule has 0 fully saturated rings. The minimum Gasteiger partial charge on any atom is -0.462 e. The van der Waals surface area contributed by atoms with Gasteiger partial charge in [-0.1, -0.05) is 377 Å². The van der Waals surface area contributed by atoms with Crippen molar-refractivity contribution >= 4 is 11.9 Å². The number of ether oxygens (including phenoxy) is 2. The van der Waals surface area contributed by atoms with Crippen molar-refractivity contribution < 1.29 is 24.2 Å². The summed E-state index contributed by atoms with van der Waals surface area (Å²) in [7, 11) is 0. The molecule has 5 nitrogen and oxygen atoms in total. The number of hydrogen-bond donors (Lipinski definition) is 1. The highest BCUT2D eigenvalue weighted by atomic mass is 16.6. The van der Waals surface area contributed by atoms with Gasteiger partial charge < -0.3 is 14.6 Å². The van der Waals surface area contributed by atoms with E-state index in [1.54, 1.807) is 0 Å². The molecule has 0 aromatic heterocycles. The molecule has 0 bridgehead atoms. The SMILES string of the molecule is CC/C=C\C/C=C\C/C=C\C/C=C\C/C=C\C/C=C\C/C=C\C/C=C\C/C=C\C/C=C\CCCCCCCCCCCCC(=O)OC(CO)COC(=O)CCCCCCCCCCCCCCCCCCCCCCCCCC/C=C\C/C=C\C/C=C\C/C=C\CC. The van der Waals surface area contributed by atoms with Crippen LogP contribution in [-0.2, 0) is 19.1 Å². The van der Waals surface area contributed by atoms with Gasteiger partial charge >= 0.3 is 11.9 Å². The molecule has 0 aliphatic rings. The van der Waals surface area contributed by atoms with Crippen LogP contribution in [0.25, 0.3) is 0 Å². The van der Waals surface area contributed by atoms with E-state index in [1.165, 1.54) is 193 Å². The van der Waals surface area contributed by atoms with Crippen molar-refractivity contribution in [3.05, 3.63) is 170 Å². The van der Waals surface area contributed by atoms with Gasteiger partial charge in [0.15, 0.2) is 6.10 Å². The van der Waals surface area contributed by atoms with Crippen molar-refractivity contribution in [2.24, 2.45) is 0 Å². The molecule has 0 aliphatic heterocycles. The Morgan fingerprint density at radius 1 is 0.250 bits per heavy atom. The van der Waals surface area contributed by atoms with Gasteiger partial charge in [0.2, 0.25) is 0 Å². The average Bonchev–Trinajstić information content (AvgIpc) is 3.64. The third kappa shape index (κ3) is 77.7. The number of allylic oxidation sites excluding steroid dienone is 28. The molecule has 0 saturated carbocycles. The Hall–Kier alpha value is -4.74. The normalized spacial score (nSPS) is 13.2. The standard InChI is InChI=1S/C87H144O5/c1-3-5-7-9-11-13-15-17-19-21-23-25-27-29-31-33-35-37-39-41-42-43-44-46-48-50-52-54-56-58-60-62-64-66-68-70-72-74-76-78-80-82-87(90)92-85(83-88)84-91-86(89)81-79-77-75-73-71-69-67-65-63-61-59-57-55-53-51-49-47-45-40-38-36-34-32-30-28-26-24-22-20-18-16-14-12-10-8-6-4-2/h5-8,11-14,17-20,23-26,29,31,35,37,41-42,44,46,50,52,56,58,85,88H,3-4,9-10,15-16,21-22,27-28,30,32-34,36,38-40,43,45,47-49,51,53-55,57,59-84H2,1-2H3/b7-5-,8-6-,13-11-,14-12-,19-17-,20-18-,25-23-,26-24-,31-29-,37-35-,42-41-,46-44-,52-50-,58-56-. The van der Waals surface area contributed by atoms with Gasteiger partial charge in [-0.25, -0.2) is 0 Å². The van der Waals surface area contributed by atoms with Gasteiger partial charge in [-0.2, -0.15) is 0 Å². The van der Waals surface area contributed by atoms with Crippen molar-refractivity contribution in [1.82, 2.24) is 0 Å². The molecule has 0 heterocycles. The maximum absolute atomic E-state index is 12.4. The van der Waals surface area contributed by atoms with Crippen LogP contribution in [0.1, 0.15) is 348 Å². The zero-order valence-electron chi connectivity index (χ0n) is 60.0. The largest absolute Gasteiger partial charge is 0.462 e. The number of carbonyl (C=O) groups is 2. The molecule has 0 aliphatic carbocycles. The van der Waals surface area contributed by atoms with E-state index in [4.69, 9.17) is 9.47 Å². The molecule has 5 heteroatoms. The molecule has 0 spiro atoms.